The Kier molecular flexibility index (Phi) is 8.54. The van der Waals surface area contributed by atoms with E-state index in [4.69, 9.17) is 23.2 Å². The summed E-state index contributed by atoms with van der Waals surface area (Å²) in [6.45, 7) is 7.43. The number of aryl methyl sites for hydroxylation is 1. The highest BCUT2D eigenvalue weighted by Gasteiger charge is 2.29. The maximum Gasteiger partial charge on any atom is 0.103 e. The zero-order chi connectivity index (χ0) is 29.9. The second-order valence-electron chi connectivity index (χ2n) is 10.9. The molecule has 1 saturated heterocycles. The largest absolute Gasteiger partial charge is 0.373 e. The lowest BCUT2D eigenvalue weighted by atomic mass is 10.0. The molecule has 220 valence electrons. The summed E-state index contributed by atoms with van der Waals surface area (Å²) >= 11 is 13.2. The van der Waals surface area contributed by atoms with E-state index < -0.39 is 0 Å². The molecule has 1 atom stereocenters. The number of nitrogens with zero attached hydrogens (tertiary/aromatic N) is 5. The van der Waals surface area contributed by atoms with E-state index in [-0.39, 0.29) is 6.04 Å². The lowest BCUT2D eigenvalue weighted by Gasteiger charge is -2.35. The Bertz CT molecular complexity index is 1700. The highest BCUT2D eigenvalue weighted by molar-refractivity contribution is 6.36. The van der Waals surface area contributed by atoms with Crippen LogP contribution in [0.2, 0.25) is 10.0 Å². The summed E-state index contributed by atoms with van der Waals surface area (Å²) < 4.78 is 0. The molecule has 11 heteroatoms. The number of nitriles is 1. The van der Waals surface area contributed by atoms with E-state index in [0.717, 1.165) is 60.7 Å². The van der Waals surface area contributed by atoms with Crippen LogP contribution in [0.4, 0.5) is 17.1 Å². The Morgan fingerprint density at radius 2 is 1.91 bits per heavy atom. The number of pyridine rings is 2. The van der Waals surface area contributed by atoms with E-state index in [1.54, 1.807) is 6.20 Å². The number of hydrogen-bond acceptors (Lipinski definition) is 9. The molecule has 0 spiro atoms. The number of hydrazine groups is 2. The van der Waals surface area contributed by atoms with Gasteiger partial charge in [0.25, 0.3) is 0 Å². The molecule has 1 fully saturated rings. The van der Waals surface area contributed by atoms with Gasteiger partial charge in [-0.2, -0.15) is 5.26 Å². The van der Waals surface area contributed by atoms with Crippen molar-refractivity contribution in [1.29, 1.82) is 5.26 Å². The Hall–Kier alpha value is -4.07. The van der Waals surface area contributed by atoms with Crippen molar-refractivity contribution in [2.75, 3.05) is 30.3 Å². The molecule has 9 nitrogen and oxygen atoms in total. The molecule has 2 aliphatic heterocycles. The molecule has 2 aliphatic rings. The minimum Gasteiger partial charge on any atom is -0.373 e. The molecule has 4 aromatic rings. The second kappa shape index (κ2) is 12.7. The standard InChI is InChI=1S/C32H33Cl2N9/c1-3-42-11-8-25(9-12-42)43-19-29(40-41-43)31(21-5-4-10-36-17-21)39-24-13-26-30(38-23-7-6-20(2)27(33)14-23)22(16-35)18-37-32(26)28(34)15-24/h4-7,10,13-15,17-19,25,31,39-41H,3,8-9,11-12H2,1-2H3,(H,37,38)/t31-/m0/s1. The van der Waals surface area contributed by atoms with Crippen LogP contribution in [0, 0.1) is 18.3 Å². The van der Waals surface area contributed by atoms with Crippen molar-refractivity contribution in [2.24, 2.45) is 0 Å². The minimum absolute atomic E-state index is 0.255. The fourth-order valence-electron chi connectivity index (χ4n) is 5.63. The Labute approximate surface area is 261 Å². The van der Waals surface area contributed by atoms with Crippen molar-refractivity contribution in [3.05, 3.63) is 99.7 Å². The number of hydrogen-bond donors (Lipinski definition) is 4. The third kappa shape index (κ3) is 6.19. The summed E-state index contributed by atoms with van der Waals surface area (Å²) in [7, 11) is 0. The van der Waals surface area contributed by atoms with Crippen LogP contribution in [0.25, 0.3) is 10.9 Å². The summed E-state index contributed by atoms with van der Waals surface area (Å²) in [5, 5.41) is 21.0. The molecular weight excluding hydrogens is 581 g/mol. The minimum atomic E-state index is -0.255. The van der Waals surface area contributed by atoms with Gasteiger partial charge >= 0.3 is 0 Å². The number of benzene rings is 2. The van der Waals surface area contributed by atoms with E-state index in [1.165, 1.54) is 6.20 Å². The third-order valence-corrected chi connectivity index (χ3v) is 8.83. The van der Waals surface area contributed by atoms with Crippen molar-refractivity contribution in [3.63, 3.8) is 0 Å². The van der Waals surface area contributed by atoms with Gasteiger partial charge in [0, 0.05) is 65.7 Å². The normalized spacial score (nSPS) is 16.4. The van der Waals surface area contributed by atoms with Gasteiger partial charge in [-0.1, -0.05) is 42.3 Å². The highest BCUT2D eigenvalue weighted by atomic mass is 35.5. The van der Waals surface area contributed by atoms with Gasteiger partial charge in [0.2, 0.25) is 0 Å². The van der Waals surface area contributed by atoms with Crippen LogP contribution in [0.15, 0.2) is 73.0 Å². The first-order valence-corrected chi connectivity index (χ1v) is 15.1. The van der Waals surface area contributed by atoms with Crippen LogP contribution >= 0.6 is 23.2 Å². The number of aromatic nitrogens is 2. The number of anilines is 3. The summed E-state index contributed by atoms with van der Waals surface area (Å²) in [6.07, 6.45) is 9.48. The molecule has 0 unspecified atom stereocenters. The van der Waals surface area contributed by atoms with Gasteiger partial charge in [-0.3, -0.25) is 15.0 Å². The maximum absolute atomic E-state index is 9.95. The molecule has 2 aromatic carbocycles. The van der Waals surface area contributed by atoms with Gasteiger partial charge in [0.1, 0.15) is 6.07 Å². The number of fused-ring (bicyclic) bond motifs is 1. The SMILES string of the molecule is CCN1CCC(N2C=C([C@@H](Nc3cc(Cl)c4ncc(C#N)c(Nc5ccc(C)c(Cl)c5)c4c3)c3cccnc3)NN2)CC1. The average Bonchev–Trinajstić information content (AvgIpc) is 3.52. The van der Waals surface area contributed by atoms with Crippen LogP contribution in [0.5, 0.6) is 0 Å². The van der Waals surface area contributed by atoms with Gasteiger partial charge in [-0.15, -0.1) is 5.53 Å². The first kappa shape index (κ1) is 29.0. The summed E-state index contributed by atoms with van der Waals surface area (Å²) in [5.74, 6) is 0. The van der Waals surface area contributed by atoms with Crippen LogP contribution in [-0.2, 0) is 0 Å². The number of piperidine rings is 1. The quantitative estimate of drug-likeness (QED) is 0.173. The number of rotatable bonds is 8. The molecule has 0 aliphatic carbocycles. The maximum atomic E-state index is 9.95. The van der Waals surface area contributed by atoms with E-state index in [9.17, 15) is 5.26 Å². The summed E-state index contributed by atoms with van der Waals surface area (Å²) in [4.78, 5) is 11.4. The number of likely N-dealkylation sites (tertiary alicyclic amines) is 1. The highest BCUT2D eigenvalue weighted by Crippen LogP contribution is 2.37. The van der Waals surface area contributed by atoms with Crippen molar-refractivity contribution in [1.82, 2.24) is 30.8 Å². The van der Waals surface area contributed by atoms with Crippen LogP contribution in [0.3, 0.4) is 0 Å². The molecule has 43 heavy (non-hydrogen) atoms. The monoisotopic (exact) mass is 613 g/mol. The second-order valence-corrected chi connectivity index (χ2v) is 11.7. The van der Waals surface area contributed by atoms with Crippen LogP contribution in [-0.4, -0.2) is 45.6 Å². The van der Waals surface area contributed by atoms with Gasteiger partial charge in [0.15, 0.2) is 0 Å². The summed E-state index contributed by atoms with van der Waals surface area (Å²) in [5.41, 5.74) is 12.8. The van der Waals surface area contributed by atoms with E-state index >= 15 is 0 Å². The predicted molar refractivity (Wildman–Crippen MR) is 173 cm³/mol. The Morgan fingerprint density at radius 3 is 2.63 bits per heavy atom. The lowest BCUT2D eigenvalue weighted by Crippen LogP contribution is -2.48. The van der Waals surface area contributed by atoms with Gasteiger partial charge in [-0.25, -0.2) is 0 Å². The van der Waals surface area contributed by atoms with E-state index in [1.807, 2.05) is 55.6 Å². The molecule has 2 aromatic heterocycles. The molecule has 0 amide bonds. The third-order valence-electron chi connectivity index (χ3n) is 8.13. The van der Waals surface area contributed by atoms with E-state index in [0.29, 0.717) is 38.2 Å². The van der Waals surface area contributed by atoms with Gasteiger partial charge < -0.3 is 21.0 Å². The molecular formula is C32H33Cl2N9. The molecule has 6 rings (SSSR count). The molecule has 0 radical (unpaired) electrons. The van der Waals surface area contributed by atoms with Crippen molar-refractivity contribution in [3.8, 4) is 6.07 Å². The van der Waals surface area contributed by atoms with Gasteiger partial charge in [0.05, 0.1) is 33.5 Å². The fraction of sp³-hybridized carbons (Fsp3) is 0.281. The Morgan fingerprint density at radius 1 is 1.09 bits per heavy atom. The number of halogens is 2. The first-order valence-electron chi connectivity index (χ1n) is 14.4. The van der Waals surface area contributed by atoms with Crippen LogP contribution < -0.4 is 21.6 Å². The van der Waals surface area contributed by atoms with Crippen molar-refractivity contribution < 1.29 is 0 Å². The molecule has 4 N–H and O–H groups in total. The Balaban J connectivity index is 1.35. The number of nitrogens with one attached hydrogen (secondary N) is 4. The molecule has 0 bridgehead atoms. The molecule has 0 saturated carbocycles. The topological polar surface area (TPSA) is 104 Å². The first-order chi connectivity index (χ1) is 20.9. The smallest absolute Gasteiger partial charge is 0.103 e. The fourth-order valence-corrected chi connectivity index (χ4v) is 6.08. The molecule has 4 heterocycles. The summed E-state index contributed by atoms with van der Waals surface area (Å²) in [6, 6.07) is 15.9. The van der Waals surface area contributed by atoms with Crippen LogP contribution in [0.1, 0.15) is 42.5 Å². The zero-order valence-electron chi connectivity index (χ0n) is 24.0. The van der Waals surface area contributed by atoms with Crippen molar-refractivity contribution in [2.45, 2.75) is 38.8 Å². The van der Waals surface area contributed by atoms with Crippen molar-refractivity contribution >= 4 is 51.2 Å². The lowest BCUT2D eigenvalue weighted by molar-refractivity contribution is 0.112. The predicted octanol–water partition coefficient (Wildman–Crippen LogP) is 6.66. The zero-order valence-corrected chi connectivity index (χ0v) is 25.5. The van der Waals surface area contributed by atoms with Gasteiger partial charge in [-0.05, 0) is 67.8 Å². The van der Waals surface area contributed by atoms with E-state index in [2.05, 4.69) is 60.7 Å². The average molecular weight is 615 g/mol.